The van der Waals surface area contributed by atoms with Gasteiger partial charge in [-0.25, -0.2) is 9.59 Å². The molecule has 0 radical (unpaired) electrons. The van der Waals surface area contributed by atoms with Crippen LogP contribution in [0.2, 0.25) is 0 Å². The maximum absolute atomic E-state index is 13.3. The number of likely N-dealkylation sites (tertiary alicyclic amines) is 1. The van der Waals surface area contributed by atoms with Gasteiger partial charge in [0.25, 0.3) is 0 Å². The number of hydrogen-bond donors (Lipinski definition) is 1. The maximum atomic E-state index is 13.3. The Balaban J connectivity index is 1.83. The highest BCUT2D eigenvalue weighted by Gasteiger charge is 2.47. The minimum Gasteiger partial charge on any atom is -0.465 e. The van der Waals surface area contributed by atoms with E-state index in [4.69, 9.17) is 0 Å². The van der Waals surface area contributed by atoms with Gasteiger partial charge < -0.3 is 19.8 Å². The van der Waals surface area contributed by atoms with Crippen LogP contribution in [0.1, 0.15) is 52.1 Å². The summed E-state index contributed by atoms with van der Waals surface area (Å²) in [6.45, 7) is 10.1. The highest BCUT2D eigenvalue weighted by atomic mass is 16.4. The fraction of sp³-hybridized carbons (Fsp3) is 0.619. The van der Waals surface area contributed by atoms with Crippen molar-refractivity contribution in [3.8, 4) is 0 Å². The first-order valence-electron chi connectivity index (χ1n) is 9.83. The average molecular weight is 373 g/mol. The van der Waals surface area contributed by atoms with Crippen LogP contribution in [-0.2, 0) is 0 Å². The highest BCUT2D eigenvalue weighted by Crippen LogP contribution is 2.37. The molecule has 0 spiro atoms. The van der Waals surface area contributed by atoms with E-state index in [-0.39, 0.29) is 29.6 Å². The van der Waals surface area contributed by atoms with Crippen LogP contribution in [0, 0.1) is 5.41 Å². The Kier molecular flexibility index (Phi) is 5.36. The number of rotatable bonds is 3. The quantitative estimate of drug-likeness (QED) is 0.870. The van der Waals surface area contributed by atoms with E-state index in [0.29, 0.717) is 19.6 Å². The predicted octanol–water partition coefficient (Wildman–Crippen LogP) is 4.04. The van der Waals surface area contributed by atoms with Gasteiger partial charge in [0, 0.05) is 19.6 Å². The third-order valence-corrected chi connectivity index (χ3v) is 5.96. The Morgan fingerprint density at radius 3 is 2.41 bits per heavy atom. The summed E-state index contributed by atoms with van der Waals surface area (Å²) in [6, 6.07) is 9.82. The maximum Gasteiger partial charge on any atom is 0.407 e. The summed E-state index contributed by atoms with van der Waals surface area (Å²) in [5, 5.41) is 9.70. The van der Waals surface area contributed by atoms with E-state index >= 15 is 0 Å². The summed E-state index contributed by atoms with van der Waals surface area (Å²) >= 11 is 0. The van der Waals surface area contributed by atoms with Crippen molar-refractivity contribution in [2.24, 2.45) is 5.41 Å². The Bertz CT molecular complexity index is 686. The number of benzene rings is 1. The van der Waals surface area contributed by atoms with E-state index in [1.807, 2.05) is 40.1 Å². The zero-order valence-electron chi connectivity index (χ0n) is 16.8. The Labute approximate surface area is 161 Å². The summed E-state index contributed by atoms with van der Waals surface area (Å²) in [7, 11) is 0. The lowest BCUT2D eigenvalue weighted by atomic mass is 9.77. The molecule has 3 atom stereocenters. The molecule has 0 aliphatic carbocycles. The Morgan fingerprint density at radius 2 is 1.81 bits per heavy atom. The molecule has 1 N–H and O–H groups in total. The molecule has 2 fully saturated rings. The van der Waals surface area contributed by atoms with Crippen molar-refractivity contribution in [1.82, 2.24) is 14.7 Å². The molecule has 2 aliphatic heterocycles. The summed E-state index contributed by atoms with van der Waals surface area (Å²) in [5.41, 5.74) is 0.887. The first-order valence-corrected chi connectivity index (χ1v) is 9.83. The van der Waals surface area contributed by atoms with Crippen LogP contribution in [0.3, 0.4) is 0 Å². The molecule has 0 saturated carbocycles. The van der Waals surface area contributed by atoms with Crippen LogP contribution in [0.5, 0.6) is 0 Å². The summed E-state index contributed by atoms with van der Waals surface area (Å²) in [4.78, 5) is 30.5. The topological polar surface area (TPSA) is 64.1 Å². The fourth-order valence-electron chi connectivity index (χ4n) is 4.71. The second-order valence-electron chi connectivity index (χ2n) is 8.75. The van der Waals surface area contributed by atoms with E-state index in [1.165, 1.54) is 0 Å². The molecular formula is C21H31N3O3. The number of urea groups is 1. The normalized spacial score (nSPS) is 25.0. The number of carbonyl (C=O) groups is 2. The molecule has 0 aromatic heterocycles. The van der Waals surface area contributed by atoms with Crippen LogP contribution in [0.15, 0.2) is 30.3 Å². The van der Waals surface area contributed by atoms with Crippen molar-refractivity contribution >= 4 is 12.1 Å². The molecule has 2 aliphatic rings. The monoisotopic (exact) mass is 373 g/mol. The van der Waals surface area contributed by atoms with E-state index in [9.17, 15) is 14.7 Å². The highest BCUT2D eigenvalue weighted by molar-refractivity contribution is 5.78. The van der Waals surface area contributed by atoms with Crippen molar-refractivity contribution in [1.29, 1.82) is 0 Å². The molecule has 1 aromatic carbocycles. The van der Waals surface area contributed by atoms with Crippen molar-refractivity contribution < 1.29 is 14.7 Å². The fourth-order valence-corrected chi connectivity index (χ4v) is 4.71. The van der Waals surface area contributed by atoms with Gasteiger partial charge in [0.2, 0.25) is 0 Å². The molecule has 3 rings (SSSR count). The van der Waals surface area contributed by atoms with Crippen LogP contribution >= 0.6 is 0 Å². The Hall–Kier alpha value is -2.24. The average Bonchev–Trinajstić information content (AvgIpc) is 3.01. The molecule has 0 bridgehead atoms. The minimum absolute atomic E-state index is 0.0101. The SMILES string of the molecule is CC(c1ccccc1)N1CCN([C@H]2CCCN(C(=O)O)C2C(C)(C)C)C1=O. The van der Waals surface area contributed by atoms with E-state index in [2.05, 4.69) is 27.7 Å². The van der Waals surface area contributed by atoms with Crippen molar-refractivity contribution in [3.05, 3.63) is 35.9 Å². The second kappa shape index (κ2) is 7.41. The van der Waals surface area contributed by atoms with Crippen LogP contribution in [0.4, 0.5) is 9.59 Å². The van der Waals surface area contributed by atoms with Gasteiger partial charge in [-0.05, 0) is 30.7 Å². The van der Waals surface area contributed by atoms with Crippen molar-refractivity contribution in [2.45, 2.75) is 58.7 Å². The van der Waals surface area contributed by atoms with Gasteiger partial charge in [-0.2, -0.15) is 0 Å². The summed E-state index contributed by atoms with van der Waals surface area (Å²) in [6.07, 6.45) is 0.757. The lowest BCUT2D eigenvalue weighted by molar-refractivity contribution is 0.00910. The van der Waals surface area contributed by atoms with Gasteiger partial charge in [-0.1, -0.05) is 51.1 Å². The number of piperidine rings is 1. The molecule has 2 heterocycles. The standard InChI is InChI=1S/C21H31N3O3/c1-15(16-9-6-5-7-10-16)22-13-14-23(19(22)25)17-11-8-12-24(20(26)27)18(17)21(2,3)4/h5-7,9-10,15,17-18H,8,11-14H2,1-4H3,(H,26,27)/t15?,17-,18?/m0/s1. The van der Waals surface area contributed by atoms with Gasteiger partial charge in [0.15, 0.2) is 0 Å². The smallest absolute Gasteiger partial charge is 0.407 e. The molecular weight excluding hydrogens is 342 g/mol. The lowest BCUT2D eigenvalue weighted by Crippen LogP contribution is -2.62. The van der Waals surface area contributed by atoms with Crippen molar-refractivity contribution in [2.75, 3.05) is 19.6 Å². The van der Waals surface area contributed by atoms with Gasteiger partial charge in [-0.3, -0.25) is 0 Å². The number of hydrogen-bond acceptors (Lipinski definition) is 2. The molecule has 27 heavy (non-hydrogen) atoms. The number of carboxylic acid groups (broad SMARTS) is 1. The van der Waals surface area contributed by atoms with Crippen LogP contribution in [-0.4, -0.2) is 63.6 Å². The van der Waals surface area contributed by atoms with E-state index in [1.54, 1.807) is 4.90 Å². The van der Waals surface area contributed by atoms with E-state index < -0.39 is 6.09 Å². The molecule has 1 aromatic rings. The molecule has 2 saturated heterocycles. The Morgan fingerprint density at radius 1 is 1.15 bits per heavy atom. The zero-order chi connectivity index (χ0) is 19.8. The zero-order valence-corrected chi connectivity index (χ0v) is 16.8. The molecule has 6 nitrogen and oxygen atoms in total. The van der Waals surface area contributed by atoms with Gasteiger partial charge >= 0.3 is 12.1 Å². The van der Waals surface area contributed by atoms with Gasteiger partial charge in [0.05, 0.1) is 18.1 Å². The first kappa shape index (κ1) is 19.5. The number of carbonyl (C=O) groups excluding carboxylic acids is 1. The minimum atomic E-state index is -0.888. The molecule has 3 amide bonds. The predicted molar refractivity (Wildman–Crippen MR) is 105 cm³/mol. The summed E-state index contributed by atoms with van der Waals surface area (Å²) in [5.74, 6) is 0. The lowest BCUT2D eigenvalue weighted by Gasteiger charge is -2.49. The van der Waals surface area contributed by atoms with Crippen LogP contribution in [0.25, 0.3) is 0 Å². The van der Waals surface area contributed by atoms with E-state index in [0.717, 1.165) is 18.4 Å². The molecule has 2 unspecified atom stereocenters. The second-order valence-corrected chi connectivity index (χ2v) is 8.75. The summed E-state index contributed by atoms with van der Waals surface area (Å²) < 4.78 is 0. The van der Waals surface area contributed by atoms with Gasteiger partial charge in [-0.15, -0.1) is 0 Å². The number of nitrogens with zero attached hydrogens (tertiary/aromatic N) is 3. The molecule has 6 heteroatoms. The number of amides is 3. The van der Waals surface area contributed by atoms with Gasteiger partial charge in [0.1, 0.15) is 0 Å². The van der Waals surface area contributed by atoms with Crippen molar-refractivity contribution in [3.63, 3.8) is 0 Å². The van der Waals surface area contributed by atoms with Crippen LogP contribution < -0.4 is 0 Å². The molecule has 148 valence electrons. The first-order chi connectivity index (χ1) is 12.7. The largest absolute Gasteiger partial charge is 0.465 e. The third kappa shape index (κ3) is 3.75. The third-order valence-electron chi connectivity index (χ3n) is 5.96.